The van der Waals surface area contributed by atoms with E-state index in [1.807, 2.05) is 12.4 Å². The molecule has 0 saturated carbocycles. The maximum absolute atomic E-state index is 4.39. The Kier molecular flexibility index (Phi) is 3.04. The number of aromatic nitrogens is 2. The van der Waals surface area contributed by atoms with Gasteiger partial charge in [-0.05, 0) is 20.8 Å². The molecule has 2 rings (SSSR count). The summed E-state index contributed by atoms with van der Waals surface area (Å²) in [5.41, 5.74) is 0.206. The summed E-state index contributed by atoms with van der Waals surface area (Å²) in [6.07, 6.45) is 3.88. The molecular formula is C12H22N4. The molecule has 1 N–H and O–H groups in total. The molecule has 0 radical (unpaired) electrons. The lowest BCUT2D eigenvalue weighted by Crippen LogP contribution is -2.60. The van der Waals surface area contributed by atoms with Gasteiger partial charge in [0, 0.05) is 44.1 Å². The molecule has 1 atom stereocenters. The van der Waals surface area contributed by atoms with Gasteiger partial charge in [-0.3, -0.25) is 4.90 Å². The first kappa shape index (κ1) is 11.6. The van der Waals surface area contributed by atoms with E-state index < -0.39 is 0 Å². The number of piperazine rings is 1. The molecule has 90 valence electrons. The number of hydrogen-bond acceptors (Lipinski definition) is 3. The Morgan fingerprint density at radius 1 is 1.56 bits per heavy atom. The average molecular weight is 222 g/mol. The summed E-state index contributed by atoms with van der Waals surface area (Å²) in [6, 6.07) is 0.574. The van der Waals surface area contributed by atoms with Gasteiger partial charge in [-0.1, -0.05) is 0 Å². The molecule has 0 aliphatic carbocycles. The van der Waals surface area contributed by atoms with Crippen LogP contribution in [0.15, 0.2) is 12.4 Å². The zero-order chi connectivity index (χ0) is 11.8. The Hall–Kier alpha value is -0.870. The molecule has 4 heteroatoms. The van der Waals surface area contributed by atoms with Gasteiger partial charge in [-0.25, -0.2) is 4.98 Å². The van der Waals surface area contributed by atoms with Crippen molar-refractivity contribution in [3.63, 3.8) is 0 Å². The van der Waals surface area contributed by atoms with Crippen LogP contribution < -0.4 is 5.32 Å². The highest BCUT2D eigenvalue weighted by Gasteiger charge is 2.30. The maximum atomic E-state index is 4.39. The van der Waals surface area contributed by atoms with Gasteiger partial charge in [0.1, 0.15) is 5.82 Å². The quantitative estimate of drug-likeness (QED) is 0.810. The summed E-state index contributed by atoms with van der Waals surface area (Å²) >= 11 is 0. The molecule has 1 saturated heterocycles. The summed E-state index contributed by atoms with van der Waals surface area (Å²) < 4.78 is 2.10. The molecule has 1 aromatic rings. The normalized spacial score (nSPS) is 25.9. The molecule has 0 amide bonds. The van der Waals surface area contributed by atoms with E-state index in [0.717, 1.165) is 25.5 Å². The van der Waals surface area contributed by atoms with E-state index in [9.17, 15) is 0 Å². The number of rotatable bonds is 2. The second-order valence-corrected chi connectivity index (χ2v) is 5.47. The second kappa shape index (κ2) is 4.18. The molecule has 1 aliphatic rings. The Morgan fingerprint density at radius 3 is 2.94 bits per heavy atom. The van der Waals surface area contributed by atoms with Crippen LogP contribution in [-0.4, -0.2) is 39.1 Å². The third-order valence-corrected chi connectivity index (χ3v) is 3.36. The molecule has 0 spiro atoms. The van der Waals surface area contributed by atoms with Crippen molar-refractivity contribution in [3.8, 4) is 0 Å². The van der Waals surface area contributed by atoms with Gasteiger partial charge in [-0.2, -0.15) is 0 Å². The molecule has 1 aromatic heterocycles. The molecule has 0 aromatic carbocycles. The Balaban J connectivity index is 2.06. The van der Waals surface area contributed by atoms with Crippen molar-refractivity contribution >= 4 is 0 Å². The fourth-order valence-corrected chi connectivity index (χ4v) is 2.21. The highest BCUT2D eigenvalue weighted by molar-refractivity contribution is 4.96. The van der Waals surface area contributed by atoms with E-state index in [-0.39, 0.29) is 5.54 Å². The molecule has 1 fully saturated rings. The molecule has 16 heavy (non-hydrogen) atoms. The first-order valence-corrected chi connectivity index (χ1v) is 5.93. The molecule has 4 nitrogen and oxygen atoms in total. The van der Waals surface area contributed by atoms with Crippen LogP contribution in [0.3, 0.4) is 0 Å². The van der Waals surface area contributed by atoms with Gasteiger partial charge in [0.05, 0.1) is 6.54 Å². The molecule has 1 unspecified atom stereocenters. The predicted molar refractivity (Wildman–Crippen MR) is 65.2 cm³/mol. The summed E-state index contributed by atoms with van der Waals surface area (Å²) in [7, 11) is 2.06. The highest BCUT2D eigenvalue weighted by Crippen LogP contribution is 2.16. The minimum absolute atomic E-state index is 0.206. The summed E-state index contributed by atoms with van der Waals surface area (Å²) in [5.74, 6) is 1.14. The van der Waals surface area contributed by atoms with Gasteiger partial charge in [-0.15, -0.1) is 0 Å². The van der Waals surface area contributed by atoms with E-state index in [1.165, 1.54) is 0 Å². The van der Waals surface area contributed by atoms with Crippen LogP contribution in [0.25, 0.3) is 0 Å². The van der Waals surface area contributed by atoms with Crippen molar-refractivity contribution in [3.05, 3.63) is 18.2 Å². The fourth-order valence-electron chi connectivity index (χ4n) is 2.21. The third-order valence-electron chi connectivity index (χ3n) is 3.36. The van der Waals surface area contributed by atoms with Crippen molar-refractivity contribution in [1.82, 2.24) is 19.8 Å². The number of nitrogens with one attached hydrogen (secondary N) is 1. The first-order valence-electron chi connectivity index (χ1n) is 5.93. The average Bonchev–Trinajstić information content (AvgIpc) is 2.58. The lowest BCUT2D eigenvalue weighted by Gasteiger charge is -2.43. The molecule has 1 aliphatic heterocycles. The van der Waals surface area contributed by atoms with Gasteiger partial charge < -0.3 is 9.88 Å². The molecule has 0 bridgehead atoms. The van der Waals surface area contributed by atoms with Gasteiger partial charge in [0.25, 0.3) is 0 Å². The van der Waals surface area contributed by atoms with Crippen LogP contribution in [-0.2, 0) is 13.6 Å². The van der Waals surface area contributed by atoms with E-state index in [1.54, 1.807) is 0 Å². The number of aryl methyl sites for hydroxylation is 1. The van der Waals surface area contributed by atoms with Crippen molar-refractivity contribution in [2.45, 2.75) is 38.9 Å². The third kappa shape index (κ3) is 2.44. The predicted octanol–water partition coefficient (Wildman–Crippen LogP) is 0.992. The SMILES string of the molecule is CC1CNC(C)(C)CN1Cc1nccn1C. The Labute approximate surface area is 97.7 Å². The minimum atomic E-state index is 0.206. The van der Waals surface area contributed by atoms with Crippen LogP contribution in [0, 0.1) is 0 Å². The summed E-state index contributed by atoms with van der Waals surface area (Å²) in [4.78, 5) is 6.89. The van der Waals surface area contributed by atoms with Gasteiger partial charge >= 0.3 is 0 Å². The smallest absolute Gasteiger partial charge is 0.122 e. The fraction of sp³-hybridized carbons (Fsp3) is 0.750. The monoisotopic (exact) mass is 222 g/mol. The Bertz CT molecular complexity index is 356. The van der Waals surface area contributed by atoms with Crippen LogP contribution in [0.5, 0.6) is 0 Å². The second-order valence-electron chi connectivity index (χ2n) is 5.47. The number of nitrogens with zero attached hydrogens (tertiary/aromatic N) is 3. The van der Waals surface area contributed by atoms with Crippen molar-refractivity contribution in [2.75, 3.05) is 13.1 Å². The van der Waals surface area contributed by atoms with Crippen LogP contribution >= 0.6 is 0 Å². The largest absolute Gasteiger partial charge is 0.337 e. The zero-order valence-electron chi connectivity index (χ0n) is 10.7. The van der Waals surface area contributed by atoms with Crippen molar-refractivity contribution < 1.29 is 0 Å². The molecule has 2 heterocycles. The van der Waals surface area contributed by atoms with Crippen LogP contribution in [0.1, 0.15) is 26.6 Å². The topological polar surface area (TPSA) is 33.1 Å². The van der Waals surface area contributed by atoms with E-state index in [2.05, 4.69) is 47.6 Å². The maximum Gasteiger partial charge on any atom is 0.122 e. The lowest BCUT2D eigenvalue weighted by molar-refractivity contribution is 0.0943. The Morgan fingerprint density at radius 2 is 2.31 bits per heavy atom. The summed E-state index contributed by atoms with van der Waals surface area (Å²) in [5, 5.41) is 3.56. The number of imidazole rings is 1. The molecular weight excluding hydrogens is 200 g/mol. The van der Waals surface area contributed by atoms with Crippen LogP contribution in [0.4, 0.5) is 0 Å². The summed E-state index contributed by atoms with van der Waals surface area (Å²) in [6.45, 7) is 9.84. The van der Waals surface area contributed by atoms with E-state index in [0.29, 0.717) is 6.04 Å². The van der Waals surface area contributed by atoms with Crippen LogP contribution in [0.2, 0.25) is 0 Å². The first-order chi connectivity index (χ1) is 7.48. The van der Waals surface area contributed by atoms with Crippen molar-refractivity contribution in [2.24, 2.45) is 7.05 Å². The van der Waals surface area contributed by atoms with Gasteiger partial charge in [0.15, 0.2) is 0 Å². The van der Waals surface area contributed by atoms with Crippen molar-refractivity contribution in [1.29, 1.82) is 0 Å². The minimum Gasteiger partial charge on any atom is -0.337 e. The van der Waals surface area contributed by atoms with Gasteiger partial charge in [0.2, 0.25) is 0 Å². The zero-order valence-corrected chi connectivity index (χ0v) is 10.7. The lowest BCUT2D eigenvalue weighted by atomic mass is 9.99. The standard InChI is InChI=1S/C12H22N4/c1-10-7-14-12(2,3)9-16(10)8-11-13-5-6-15(11)4/h5-6,10,14H,7-9H2,1-4H3. The highest BCUT2D eigenvalue weighted by atomic mass is 15.3. The van der Waals surface area contributed by atoms with E-state index >= 15 is 0 Å². The number of hydrogen-bond donors (Lipinski definition) is 1. The van der Waals surface area contributed by atoms with E-state index in [4.69, 9.17) is 0 Å².